The quantitative estimate of drug-likeness (QED) is 0.327. The van der Waals surface area contributed by atoms with E-state index in [9.17, 15) is 14.4 Å². The van der Waals surface area contributed by atoms with Gasteiger partial charge in [-0.25, -0.2) is 4.79 Å². The molecule has 0 spiro atoms. The highest BCUT2D eigenvalue weighted by Crippen LogP contribution is 2.40. The van der Waals surface area contributed by atoms with E-state index in [2.05, 4.69) is 17.2 Å². The van der Waals surface area contributed by atoms with Crippen molar-refractivity contribution in [2.75, 3.05) is 44.3 Å². The molecule has 2 aromatic heterocycles. The van der Waals surface area contributed by atoms with Crippen molar-refractivity contribution in [1.82, 2.24) is 4.57 Å². The monoisotopic (exact) mass is 591 g/mol. The number of hydrogen-bond acceptors (Lipinski definition) is 9. The molecule has 210 valence electrons. The molecule has 12 heteroatoms. The first-order chi connectivity index (χ1) is 18.8. The topological polar surface area (TPSA) is 108 Å². The normalized spacial score (nSPS) is 15.3. The number of rotatable bonds is 11. The first-order valence-electron chi connectivity index (χ1n) is 12.8. The molecule has 1 unspecified atom stereocenters. The van der Waals surface area contributed by atoms with Crippen LogP contribution in [-0.4, -0.2) is 61.3 Å². The van der Waals surface area contributed by atoms with Gasteiger partial charge in [-0.15, -0.1) is 23.1 Å². The molecule has 1 atom stereocenters. The summed E-state index contributed by atoms with van der Waals surface area (Å²) in [5.41, 5.74) is 2.42. The van der Waals surface area contributed by atoms with Gasteiger partial charge in [-0.05, 0) is 55.9 Å². The Morgan fingerprint density at radius 1 is 1.21 bits per heavy atom. The van der Waals surface area contributed by atoms with Gasteiger partial charge in [-0.2, -0.15) is 4.99 Å². The number of anilines is 1. The summed E-state index contributed by atoms with van der Waals surface area (Å²) in [5, 5.41) is 3.43. The lowest BCUT2D eigenvalue weighted by atomic mass is 9.88. The zero-order valence-corrected chi connectivity index (χ0v) is 25.0. The van der Waals surface area contributed by atoms with Crippen molar-refractivity contribution in [2.45, 2.75) is 39.7 Å². The maximum atomic E-state index is 12.8. The van der Waals surface area contributed by atoms with E-state index >= 15 is 0 Å². The smallest absolute Gasteiger partial charge is 0.341 e. The van der Waals surface area contributed by atoms with Crippen LogP contribution in [0.3, 0.4) is 0 Å². The maximum absolute atomic E-state index is 12.8. The van der Waals surface area contributed by atoms with E-state index in [0.717, 1.165) is 45.7 Å². The number of nitrogens with zero attached hydrogens (tertiary/aromatic N) is 2. The summed E-state index contributed by atoms with van der Waals surface area (Å²) < 4.78 is 18.7. The highest BCUT2D eigenvalue weighted by atomic mass is 32.2. The molecule has 1 aromatic carbocycles. The summed E-state index contributed by atoms with van der Waals surface area (Å²) in [5.74, 6) is 0.392. The number of hydrogen-bond donors (Lipinski definition) is 1. The molecule has 0 fully saturated rings. The second-order valence-electron chi connectivity index (χ2n) is 9.19. The molecule has 0 bridgehead atoms. The van der Waals surface area contributed by atoms with Crippen LogP contribution in [0.4, 0.5) is 5.00 Å². The number of esters is 1. The molecule has 4 rings (SSSR count). The number of benzene rings is 1. The van der Waals surface area contributed by atoms with Crippen LogP contribution in [0.2, 0.25) is 0 Å². The Kier molecular flexibility index (Phi) is 10.2. The molecule has 39 heavy (non-hydrogen) atoms. The van der Waals surface area contributed by atoms with Gasteiger partial charge in [0, 0.05) is 18.5 Å². The fourth-order valence-corrected chi connectivity index (χ4v) is 7.57. The van der Waals surface area contributed by atoms with Crippen LogP contribution in [0, 0.1) is 5.92 Å². The molecule has 2 heterocycles. The Balaban J connectivity index is 1.42. The fraction of sp³-hybridized carbons (Fsp3) is 0.481. The highest BCUT2D eigenvalue weighted by Gasteiger charge is 2.29. The lowest BCUT2D eigenvalue weighted by Gasteiger charge is -2.18. The number of carbonyl (C=O) groups is 3. The third-order valence-corrected chi connectivity index (χ3v) is 9.46. The van der Waals surface area contributed by atoms with Gasteiger partial charge in [0.1, 0.15) is 10.8 Å². The number of nitrogens with one attached hydrogen (secondary N) is 1. The van der Waals surface area contributed by atoms with E-state index in [1.54, 1.807) is 21.1 Å². The van der Waals surface area contributed by atoms with Gasteiger partial charge in [0.05, 0.1) is 47.6 Å². The van der Waals surface area contributed by atoms with Crippen LogP contribution in [-0.2, 0) is 38.4 Å². The molecule has 0 radical (unpaired) electrons. The van der Waals surface area contributed by atoms with E-state index in [-0.39, 0.29) is 29.9 Å². The predicted molar refractivity (Wildman–Crippen MR) is 156 cm³/mol. The van der Waals surface area contributed by atoms with Crippen LogP contribution in [0.25, 0.3) is 10.2 Å². The van der Waals surface area contributed by atoms with Gasteiger partial charge in [-0.1, -0.05) is 18.3 Å². The second-order valence-corrected chi connectivity index (χ2v) is 12.3. The van der Waals surface area contributed by atoms with Crippen molar-refractivity contribution in [3.63, 3.8) is 0 Å². The summed E-state index contributed by atoms with van der Waals surface area (Å²) in [7, 11) is 3.24. The lowest BCUT2D eigenvalue weighted by Crippen LogP contribution is -2.20. The largest absolute Gasteiger partial charge is 0.497 e. The third-order valence-electron chi connectivity index (χ3n) is 6.33. The van der Waals surface area contributed by atoms with Gasteiger partial charge < -0.3 is 24.1 Å². The average molecular weight is 592 g/mol. The molecule has 0 saturated heterocycles. The minimum Gasteiger partial charge on any atom is -0.497 e. The number of thiophene rings is 1. The van der Waals surface area contributed by atoms with Crippen molar-refractivity contribution in [3.8, 4) is 5.75 Å². The summed E-state index contributed by atoms with van der Waals surface area (Å²) >= 11 is 4.05. The van der Waals surface area contributed by atoms with Gasteiger partial charge in [0.15, 0.2) is 4.80 Å². The molecule has 3 aromatic rings. The summed E-state index contributed by atoms with van der Waals surface area (Å²) in [4.78, 5) is 44.2. The van der Waals surface area contributed by atoms with Crippen molar-refractivity contribution in [1.29, 1.82) is 0 Å². The number of amides is 2. The van der Waals surface area contributed by atoms with E-state index < -0.39 is 5.97 Å². The minimum atomic E-state index is -0.399. The van der Waals surface area contributed by atoms with Crippen molar-refractivity contribution >= 4 is 67.4 Å². The Labute approximate surface area is 239 Å². The standard InChI is InChI=1S/C27H33N3O6S3/c1-5-36-26(33)24-18-8-6-16(2)12-20(18)38-25(24)28-22(31)14-37-15-23(32)29-27-30(10-11-34-3)19-9-7-17(35-4)13-21(19)39-27/h7,9,13,16H,5-6,8,10-12,14-15H2,1-4H3,(H,28,31). The second kappa shape index (κ2) is 13.6. The number of fused-ring (bicyclic) bond motifs is 2. The fourth-order valence-electron chi connectivity index (χ4n) is 4.46. The van der Waals surface area contributed by atoms with Crippen LogP contribution in [0.1, 0.15) is 41.1 Å². The SMILES string of the molecule is CCOC(=O)c1c(NC(=O)CSCC(=O)N=c2sc3cc(OC)ccc3n2CCOC)sc2c1CCC(C)C2. The molecule has 1 aliphatic carbocycles. The summed E-state index contributed by atoms with van der Waals surface area (Å²) in [6.45, 7) is 5.26. The molecule has 0 aliphatic heterocycles. The predicted octanol–water partition coefficient (Wildman–Crippen LogP) is 4.52. The van der Waals surface area contributed by atoms with Crippen LogP contribution >= 0.6 is 34.4 Å². The molecule has 2 amide bonds. The Bertz CT molecular complexity index is 1420. The Morgan fingerprint density at radius 2 is 2.03 bits per heavy atom. The van der Waals surface area contributed by atoms with E-state index in [4.69, 9.17) is 14.2 Å². The van der Waals surface area contributed by atoms with Crippen LogP contribution in [0.15, 0.2) is 23.2 Å². The lowest BCUT2D eigenvalue weighted by molar-refractivity contribution is -0.115. The van der Waals surface area contributed by atoms with E-state index in [0.29, 0.717) is 34.4 Å². The molecule has 1 aliphatic rings. The van der Waals surface area contributed by atoms with Crippen LogP contribution < -0.4 is 14.9 Å². The minimum absolute atomic E-state index is 0.0540. The van der Waals surface area contributed by atoms with Gasteiger partial charge in [-0.3, -0.25) is 9.59 Å². The van der Waals surface area contributed by atoms with E-state index in [1.807, 2.05) is 22.8 Å². The number of thioether (sulfide) groups is 1. The first-order valence-corrected chi connectivity index (χ1v) is 15.6. The maximum Gasteiger partial charge on any atom is 0.341 e. The van der Waals surface area contributed by atoms with Crippen molar-refractivity contribution < 1.29 is 28.6 Å². The Hall–Kier alpha value is -2.67. The van der Waals surface area contributed by atoms with E-state index in [1.165, 1.54) is 34.4 Å². The molecule has 1 N–H and O–H groups in total. The number of thiazole rings is 1. The molecule has 0 saturated carbocycles. The molecular formula is C27H33N3O6S3. The van der Waals surface area contributed by atoms with Gasteiger partial charge in [0.2, 0.25) is 5.91 Å². The zero-order valence-electron chi connectivity index (χ0n) is 22.5. The summed E-state index contributed by atoms with van der Waals surface area (Å²) in [6.07, 6.45) is 2.70. The van der Waals surface area contributed by atoms with Crippen LogP contribution in [0.5, 0.6) is 5.75 Å². The number of carbonyl (C=O) groups excluding carboxylic acids is 3. The number of methoxy groups -OCH3 is 2. The highest BCUT2D eigenvalue weighted by molar-refractivity contribution is 8.00. The molecular weight excluding hydrogens is 559 g/mol. The average Bonchev–Trinajstić information content (AvgIpc) is 3.43. The number of aromatic nitrogens is 1. The Morgan fingerprint density at radius 3 is 2.77 bits per heavy atom. The van der Waals surface area contributed by atoms with Gasteiger partial charge >= 0.3 is 5.97 Å². The van der Waals surface area contributed by atoms with Gasteiger partial charge in [0.25, 0.3) is 5.91 Å². The number of ether oxygens (including phenoxy) is 3. The zero-order chi connectivity index (χ0) is 27.9. The van der Waals surface area contributed by atoms with Crippen molar-refractivity contribution in [2.24, 2.45) is 10.9 Å². The third kappa shape index (κ3) is 7.10. The van der Waals surface area contributed by atoms with Crippen molar-refractivity contribution in [3.05, 3.63) is 39.0 Å². The first kappa shape index (κ1) is 29.3. The molecule has 9 nitrogen and oxygen atoms in total. The summed E-state index contributed by atoms with van der Waals surface area (Å²) in [6, 6.07) is 5.73.